The van der Waals surface area contributed by atoms with Crippen molar-refractivity contribution in [3.05, 3.63) is 0 Å². The molecule has 0 aromatic carbocycles. The van der Waals surface area contributed by atoms with E-state index in [0.29, 0.717) is 25.7 Å². The van der Waals surface area contributed by atoms with Crippen molar-refractivity contribution >= 4 is 5.78 Å². The number of nitrogens with one attached hydrogen (secondary N) is 1. The van der Waals surface area contributed by atoms with Gasteiger partial charge in [-0.15, -0.1) is 0 Å². The number of aliphatic hydroxyl groups excluding tert-OH is 7. The number of ether oxygens (including phenoxy) is 2. The molecule has 11 heteroatoms. The molecule has 0 saturated carbocycles. The van der Waals surface area contributed by atoms with Crippen LogP contribution in [0.15, 0.2) is 0 Å². The van der Waals surface area contributed by atoms with E-state index in [-0.39, 0.29) is 25.0 Å². The van der Waals surface area contributed by atoms with Gasteiger partial charge in [0.2, 0.25) is 0 Å². The van der Waals surface area contributed by atoms with Crippen LogP contribution in [-0.2, 0) is 14.3 Å². The number of unbranched alkanes of at least 4 members (excludes halogenated alkanes) is 6. The van der Waals surface area contributed by atoms with Gasteiger partial charge >= 0.3 is 0 Å². The third kappa shape index (κ3) is 9.26. The maximum absolute atomic E-state index is 11.7. The zero-order chi connectivity index (χ0) is 25.8. The first kappa shape index (κ1) is 30.5. The SMILES string of the molecule is O=C(CCCCO)CCCCCCCCC1N[C@H](CO)[C@H](O)[C@@H]1O[C@@H]1O[C@H](CO)[C@H](O)[C@H](O)[C@H]1O. The van der Waals surface area contributed by atoms with E-state index < -0.39 is 55.6 Å². The number of rotatable bonds is 17. The minimum atomic E-state index is -1.57. The highest BCUT2D eigenvalue weighted by molar-refractivity contribution is 5.78. The highest BCUT2D eigenvalue weighted by atomic mass is 16.7. The fourth-order valence-electron chi connectivity index (χ4n) is 4.81. The van der Waals surface area contributed by atoms with Crippen molar-refractivity contribution in [2.75, 3.05) is 19.8 Å². The van der Waals surface area contributed by atoms with Gasteiger partial charge in [0.1, 0.15) is 36.3 Å². The molecule has 35 heavy (non-hydrogen) atoms. The molecule has 2 aliphatic rings. The smallest absolute Gasteiger partial charge is 0.187 e. The van der Waals surface area contributed by atoms with Crippen LogP contribution in [0.5, 0.6) is 0 Å². The first-order valence-corrected chi connectivity index (χ1v) is 13.0. The van der Waals surface area contributed by atoms with Crippen LogP contribution in [0, 0.1) is 0 Å². The minimum Gasteiger partial charge on any atom is -0.396 e. The number of hydrogen-bond donors (Lipinski definition) is 8. The summed E-state index contributed by atoms with van der Waals surface area (Å²) in [5.41, 5.74) is 0. The molecule has 0 aliphatic carbocycles. The predicted molar refractivity (Wildman–Crippen MR) is 125 cm³/mol. The molecule has 1 unspecified atom stereocenters. The van der Waals surface area contributed by atoms with E-state index in [0.717, 1.165) is 44.9 Å². The Bertz CT molecular complexity index is 595. The van der Waals surface area contributed by atoms with Crippen LogP contribution in [0.3, 0.4) is 0 Å². The molecule has 8 N–H and O–H groups in total. The lowest BCUT2D eigenvalue weighted by molar-refractivity contribution is -0.316. The molecule has 2 saturated heterocycles. The zero-order valence-corrected chi connectivity index (χ0v) is 20.5. The molecule has 0 spiro atoms. The summed E-state index contributed by atoms with van der Waals surface area (Å²) in [5, 5.41) is 71.7. The molecule has 0 radical (unpaired) electrons. The normalized spacial score (nSPS) is 35.5. The lowest BCUT2D eigenvalue weighted by atomic mass is 9.98. The van der Waals surface area contributed by atoms with Gasteiger partial charge < -0.3 is 50.5 Å². The van der Waals surface area contributed by atoms with Crippen LogP contribution in [0.2, 0.25) is 0 Å². The molecule has 0 aromatic rings. The van der Waals surface area contributed by atoms with E-state index >= 15 is 0 Å². The molecule has 0 bridgehead atoms. The first-order valence-electron chi connectivity index (χ1n) is 13.0. The summed E-state index contributed by atoms with van der Waals surface area (Å²) in [5.74, 6) is 0.258. The summed E-state index contributed by atoms with van der Waals surface area (Å²) in [6.07, 6.45) is -0.0504. The second-order valence-electron chi connectivity index (χ2n) is 9.73. The molecule has 0 aromatic heterocycles. The average molecular weight is 508 g/mol. The maximum Gasteiger partial charge on any atom is 0.187 e. The summed E-state index contributed by atoms with van der Waals surface area (Å²) >= 11 is 0. The van der Waals surface area contributed by atoms with Crippen LogP contribution in [0.25, 0.3) is 0 Å². The second kappa shape index (κ2) is 16.2. The van der Waals surface area contributed by atoms with Gasteiger partial charge in [-0.2, -0.15) is 0 Å². The third-order valence-corrected chi connectivity index (χ3v) is 6.99. The van der Waals surface area contributed by atoms with Crippen molar-refractivity contribution in [3.63, 3.8) is 0 Å². The van der Waals surface area contributed by atoms with Gasteiger partial charge in [0, 0.05) is 25.5 Å². The molecule has 2 aliphatic heterocycles. The van der Waals surface area contributed by atoms with Gasteiger partial charge in [0.05, 0.1) is 25.4 Å². The van der Waals surface area contributed by atoms with Crippen molar-refractivity contribution in [2.24, 2.45) is 0 Å². The van der Waals surface area contributed by atoms with Gasteiger partial charge in [-0.05, 0) is 25.7 Å². The molecule has 11 nitrogen and oxygen atoms in total. The van der Waals surface area contributed by atoms with E-state index in [4.69, 9.17) is 14.6 Å². The fraction of sp³-hybridized carbons (Fsp3) is 0.958. The molecular formula is C24H45NO10. The molecule has 2 heterocycles. The Morgan fingerprint density at radius 1 is 0.714 bits per heavy atom. The van der Waals surface area contributed by atoms with Crippen molar-refractivity contribution in [1.29, 1.82) is 0 Å². The minimum absolute atomic E-state index is 0.129. The van der Waals surface area contributed by atoms with Gasteiger partial charge in [-0.25, -0.2) is 0 Å². The van der Waals surface area contributed by atoms with E-state index in [1.54, 1.807) is 0 Å². The fourth-order valence-corrected chi connectivity index (χ4v) is 4.81. The number of carbonyl (C=O) groups is 1. The Kier molecular flexibility index (Phi) is 14.1. The van der Waals surface area contributed by atoms with Crippen molar-refractivity contribution < 1.29 is 50.0 Å². The van der Waals surface area contributed by atoms with Gasteiger partial charge in [-0.1, -0.05) is 32.1 Å². The summed E-state index contributed by atoms with van der Waals surface area (Å²) < 4.78 is 11.2. The largest absolute Gasteiger partial charge is 0.396 e. The predicted octanol–water partition coefficient (Wildman–Crippen LogP) is -1.28. The Balaban J connectivity index is 1.72. The summed E-state index contributed by atoms with van der Waals surface area (Å²) in [6, 6.07) is -0.920. The zero-order valence-electron chi connectivity index (χ0n) is 20.5. The van der Waals surface area contributed by atoms with Crippen LogP contribution in [0.4, 0.5) is 0 Å². The Morgan fingerprint density at radius 2 is 1.34 bits per heavy atom. The Labute approximate surface area is 207 Å². The summed E-state index contributed by atoms with van der Waals surface area (Å²) in [6.45, 7) is -0.744. The van der Waals surface area contributed by atoms with Gasteiger partial charge in [0.15, 0.2) is 6.29 Å². The third-order valence-electron chi connectivity index (χ3n) is 6.99. The highest BCUT2D eigenvalue weighted by Gasteiger charge is 2.49. The second-order valence-corrected chi connectivity index (χ2v) is 9.73. The molecule has 2 rings (SSSR count). The molecule has 0 amide bonds. The standard InChI is InChI=1S/C24H45NO10/c26-12-8-7-10-15(29)9-5-3-1-2-4-6-11-16-23(19(30)17(13-27)25-16)35-24-22(33)21(32)20(31)18(14-28)34-24/h16-28,30-33H,1-14H2/t16?,17-,18-,19+,20+,21+,22-,23-,24+/m1/s1. The lowest BCUT2D eigenvalue weighted by Gasteiger charge is -2.41. The topological polar surface area (TPSA) is 189 Å². The average Bonchev–Trinajstić information content (AvgIpc) is 3.15. The highest BCUT2D eigenvalue weighted by Crippen LogP contribution is 2.28. The molecule has 2 fully saturated rings. The van der Waals surface area contributed by atoms with Crippen LogP contribution < -0.4 is 5.32 Å². The van der Waals surface area contributed by atoms with E-state index in [9.17, 15) is 35.4 Å². The lowest BCUT2D eigenvalue weighted by Crippen LogP contribution is -2.60. The Morgan fingerprint density at radius 3 is 1.97 bits per heavy atom. The van der Waals surface area contributed by atoms with Gasteiger partial charge in [-0.3, -0.25) is 4.79 Å². The maximum atomic E-state index is 11.7. The molecule has 206 valence electrons. The number of aliphatic hydroxyl groups is 7. The van der Waals surface area contributed by atoms with E-state index in [1.807, 2.05) is 0 Å². The van der Waals surface area contributed by atoms with Crippen molar-refractivity contribution in [2.45, 2.75) is 126 Å². The van der Waals surface area contributed by atoms with Crippen LogP contribution in [-0.4, -0.2) is 116 Å². The molecule has 9 atom stereocenters. The number of carbonyl (C=O) groups excluding carboxylic acids is 1. The number of hydrogen-bond acceptors (Lipinski definition) is 11. The quantitative estimate of drug-likeness (QED) is 0.109. The summed E-state index contributed by atoms with van der Waals surface area (Å²) in [7, 11) is 0. The number of Topliss-reactive ketones (excluding diaryl/α,β-unsaturated/α-hetero) is 1. The van der Waals surface area contributed by atoms with E-state index in [2.05, 4.69) is 5.32 Å². The summed E-state index contributed by atoms with van der Waals surface area (Å²) in [4.78, 5) is 11.7. The van der Waals surface area contributed by atoms with Crippen molar-refractivity contribution in [1.82, 2.24) is 5.32 Å². The van der Waals surface area contributed by atoms with Crippen LogP contribution in [0.1, 0.15) is 70.6 Å². The molecular weight excluding hydrogens is 462 g/mol. The van der Waals surface area contributed by atoms with Crippen molar-refractivity contribution in [3.8, 4) is 0 Å². The number of ketones is 1. The first-order chi connectivity index (χ1) is 16.8. The van der Waals surface area contributed by atoms with E-state index in [1.165, 1.54) is 0 Å². The van der Waals surface area contributed by atoms with Crippen LogP contribution >= 0.6 is 0 Å². The monoisotopic (exact) mass is 507 g/mol. The Hall–Kier alpha value is -0.730. The van der Waals surface area contributed by atoms with Gasteiger partial charge in [0.25, 0.3) is 0 Å².